The van der Waals surface area contributed by atoms with E-state index in [1.54, 1.807) is 41.3 Å². The highest BCUT2D eigenvalue weighted by atomic mass is 79.9. The predicted octanol–water partition coefficient (Wildman–Crippen LogP) is 3.29. The number of aromatic hydroxyl groups is 1. The number of phenolic OH excluding ortho intramolecular Hbond substituents is 1. The van der Waals surface area contributed by atoms with E-state index in [0.29, 0.717) is 24.6 Å². The number of phenols is 1. The van der Waals surface area contributed by atoms with Gasteiger partial charge in [-0.15, -0.1) is 0 Å². The number of benzene rings is 2. The van der Waals surface area contributed by atoms with Crippen LogP contribution in [0.15, 0.2) is 53.0 Å². The first-order chi connectivity index (χ1) is 12.5. The maximum atomic E-state index is 12.3. The van der Waals surface area contributed by atoms with E-state index in [-0.39, 0.29) is 24.1 Å². The Hall–Kier alpha value is -2.34. The SMILES string of the molecule is O=C(NCC(=O)N1CCC(c2ccc(O)cc2)CC1)c1ccc(Br)cc1. The van der Waals surface area contributed by atoms with E-state index in [1.165, 1.54) is 5.56 Å². The Labute approximate surface area is 161 Å². The van der Waals surface area contributed by atoms with Gasteiger partial charge < -0.3 is 15.3 Å². The third-order valence-electron chi connectivity index (χ3n) is 4.72. The summed E-state index contributed by atoms with van der Waals surface area (Å²) in [5.41, 5.74) is 1.73. The number of nitrogens with one attached hydrogen (secondary N) is 1. The number of halogens is 1. The van der Waals surface area contributed by atoms with Gasteiger partial charge in [0, 0.05) is 23.1 Å². The van der Waals surface area contributed by atoms with Gasteiger partial charge in [0.05, 0.1) is 6.54 Å². The van der Waals surface area contributed by atoms with E-state index < -0.39 is 0 Å². The molecule has 26 heavy (non-hydrogen) atoms. The molecular formula is C20H21BrN2O3. The van der Waals surface area contributed by atoms with Crippen molar-refractivity contribution in [1.82, 2.24) is 10.2 Å². The zero-order chi connectivity index (χ0) is 18.5. The van der Waals surface area contributed by atoms with Crippen molar-refractivity contribution in [1.29, 1.82) is 0 Å². The minimum Gasteiger partial charge on any atom is -0.508 e. The van der Waals surface area contributed by atoms with Gasteiger partial charge in [0.25, 0.3) is 5.91 Å². The molecule has 1 aliphatic rings. The van der Waals surface area contributed by atoms with Crippen molar-refractivity contribution in [2.75, 3.05) is 19.6 Å². The normalized spacial score (nSPS) is 14.9. The van der Waals surface area contributed by atoms with Gasteiger partial charge in [-0.3, -0.25) is 9.59 Å². The van der Waals surface area contributed by atoms with Gasteiger partial charge in [0.1, 0.15) is 5.75 Å². The number of hydrogen-bond acceptors (Lipinski definition) is 3. The molecule has 6 heteroatoms. The lowest BCUT2D eigenvalue weighted by Gasteiger charge is -2.32. The summed E-state index contributed by atoms with van der Waals surface area (Å²) in [7, 11) is 0. The van der Waals surface area contributed by atoms with Crippen molar-refractivity contribution in [2.45, 2.75) is 18.8 Å². The zero-order valence-electron chi connectivity index (χ0n) is 14.3. The summed E-state index contributed by atoms with van der Waals surface area (Å²) < 4.78 is 0.904. The summed E-state index contributed by atoms with van der Waals surface area (Å²) in [5, 5.41) is 12.1. The molecule has 2 aromatic rings. The third kappa shape index (κ3) is 4.64. The second-order valence-electron chi connectivity index (χ2n) is 6.44. The van der Waals surface area contributed by atoms with E-state index in [2.05, 4.69) is 21.2 Å². The molecule has 0 unspecified atom stereocenters. The van der Waals surface area contributed by atoms with Gasteiger partial charge in [-0.2, -0.15) is 0 Å². The molecule has 0 aliphatic carbocycles. The molecule has 1 heterocycles. The molecule has 3 rings (SSSR count). The first-order valence-corrected chi connectivity index (χ1v) is 9.42. The number of amides is 2. The monoisotopic (exact) mass is 416 g/mol. The molecule has 1 saturated heterocycles. The van der Waals surface area contributed by atoms with Crippen LogP contribution in [0.5, 0.6) is 5.75 Å². The number of hydrogen-bond donors (Lipinski definition) is 2. The molecule has 136 valence electrons. The summed E-state index contributed by atoms with van der Waals surface area (Å²) in [6.45, 7) is 1.37. The first kappa shape index (κ1) is 18.5. The fourth-order valence-electron chi connectivity index (χ4n) is 3.18. The van der Waals surface area contributed by atoms with E-state index in [9.17, 15) is 14.7 Å². The number of likely N-dealkylation sites (tertiary alicyclic amines) is 1. The highest BCUT2D eigenvalue weighted by Crippen LogP contribution is 2.28. The predicted molar refractivity (Wildman–Crippen MR) is 103 cm³/mol. The van der Waals surface area contributed by atoms with Crippen LogP contribution in [0.2, 0.25) is 0 Å². The molecular weight excluding hydrogens is 396 g/mol. The van der Waals surface area contributed by atoms with Crippen molar-refractivity contribution < 1.29 is 14.7 Å². The standard InChI is InChI=1S/C20H21BrN2O3/c21-17-5-1-16(2-6-17)20(26)22-13-19(25)23-11-9-15(10-12-23)14-3-7-18(24)8-4-14/h1-8,15,24H,9-13H2,(H,22,26). The Bertz CT molecular complexity index is 767. The van der Waals surface area contributed by atoms with Crippen LogP contribution in [0.1, 0.15) is 34.7 Å². The number of nitrogens with zero attached hydrogens (tertiary/aromatic N) is 1. The van der Waals surface area contributed by atoms with Crippen LogP contribution in [0.4, 0.5) is 0 Å². The van der Waals surface area contributed by atoms with Gasteiger partial charge >= 0.3 is 0 Å². The molecule has 2 aromatic carbocycles. The number of carbonyl (C=O) groups excluding carboxylic acids is 2. The van der Waals surface area contributed by atoms with E-state index >= 15 is 0 Å². The van der Waals surface area contributed by atoms with Gasteiger partial charge in [0.2, 0.25) is 5.91 Å². The maximum Gasteiger partial charge on any atom is 0.251 e. The van der Waals surface area contributed by atoms with Crippen molar-refractivity contribution in [3.8, 4) is 5.75 Å². The van der Waals surface area contributed by atoms with Crippen molar-refractivity contribution in [3.05, 3.63) is 64.1 Å². The second kappa shape index (κ2) is 8.36. The smallest absolute Gasteiger partial charge is 0.251 e. The fraction of sp³-hybridized carbons (Fsp3) is 0.300. The number of rotatable bonds is 4. The third-order valence-corrected chi connectivity index (χ3v) is 5.25. The van der Waals surface area contributed by atoms with Crippen LogP contribution in [0.25, 0.3) is 0 Å². The Morgan fingerprint density at radius 3 is 2.27 bits per heavy atom. The summed E-state index contributed by atoms with van der Waals surface area (Å²) in [4.78, 5) is 26.2. The minimum absolute atomic E-state index is 0.0127. The number of piperidine rings is 1. The maximum absolute atomic E-state index is 12.3. The van der Waals surface area contributed by atoms with Gasteiger partial charge in [-0.1, -0.05) is 28.1 Å². The van der Waals surface area contributed by atoms with Crippen LogP contribution < -0.4 is 5.32 Å². The lowest BCUT2D eigenvalue weighted by atomic mass is 9.89. The quantitative estimate of drug-likeness (QED) is 0.802. The fourth-order valence-corrected chi connectivity index (χ4v) is 3.44. The first-order valence-electron chi connectivity index (χ1n) is 8.63. The summed E-state index contributed by atoms with van der Waals surface area (Å²) >= 11 is 3.33. The molecule has 5 nitrogen and oxygen atoms in total. The highest BCUT2D eigenvalue weighted by molar-refractivity contribution is 9.10. The summed E-state index contributed by atoms with van der Waals surface area (Å²) in [5.74, 6) is 0.365. The molecule has 1 fully saturated rings. The van der Waals surface area contributed by atoms with Gasteiger partial charge in [-0.25, -0.2) is 0 Å². The van der Waals surface area contributed by atoms with Crippen molar-refractivity contribution in [2.24, 2.45) is 0 Å². The highest BCUT2D eigenvalue weighted by Gasteiger charge is 2.24. The summed E-state index contributed by atoms with van der Waals surface area (Å²) in [6, 6.07) is 14.3. The average molecular weight is 417 g/mol. The Morgan fingerprint density at radius 2 is 1.65 bits per heavy atom. The van der Waals surface area contributed by atoms with Crippen molar-refractivity contribution in [3.63, 3.8) is 0 Å². The largest absolute Gasteiger partial charge is 0.508 e. The Balaban J connectivity index is 1.47. The molecule has 0 aromatic heterocycles. The van der Waals surface area contributed by atoms with E-state index in [0.717, 1.165) is 17.3 Å². The lowest BCUT2D eigenvalue weighted by Crippen LogP contribution is -2.43. The average Bonchev–Trinajstić information content (AvgIpc) is 2.67. The van der Waals surface area contributed by atoms with E-state index in [4.69, 9.17) is 0 Å². The topological polar surface area (TPSA) is 69.6 Å². The molecule has 0 bridgehead atoms. The molecule has 0 spiro atoms. The van der Waals surface area contributed by atoms with Crippen LogP contribution in [-0.2, 0) is 4.79 Å². The molecule has 0 radical (unpaired) electrons. The molecule has 0 saturated carbocycles. The van der Waals surface area contributed by atoms with Crippen LogP contribution in [0.3, 0.4) is 0 Å². The van der Waals surface area contributed by atoms with Crippen molar-refractivity contribution >= 4 is 27.7 Å². The van der Waals surface area contributed by atoms with Gasteiger partial charge in [-0.05, 0) is 60.7 Å². The van der Waals surface area contributed by atoms with Crippen LogP contribution in [-0.4, -0.2) is 41.5 Å². The van der Waals surface area contributed by atoms with Crippen LogP contribution >= 0.6 is 15.9 Å². The Morgan fingerprint density at radius 1 is 1.04 bits per heavy atom. The lowest BCUT2D eigenvalue weighted by molar-refractivity contribution is -0.131. The Kier molecular flexibility index (Phi) is 5.93. The zero-order valence-corrected chi connectivity index (χ0v) is 15.9. The molecule has 2 N–H and O–H groups in total. The summed E-state index contributed by atoms with van der Waals surface area (Å²) in [6.07, 6.45) is 1.77. The second-order valence-corrected chi connectivity index (χ2v) is 7.35. The van der Waals surface area contributed by atoms with E-state index in [1.807, 2.05) is 12.1 Å². The molecule has 1 aliphatic heterocycles. The van der Waals surface area contributed by atoms with Gasteiger partial charge in [0.15, 0.2) is 0 Å². The molecule has 2 amide bonds. The molecule has 0 atom stereocenters. The minimum atomic E-state index is -0.246. The van der Waals surface area contributed by atoms with Crippen LogP contribution in [0, 0.1) is 0 Å². The number of carbonyl (C=O) groups is 2.